The van der Waals surface area contributed by atoms with Gasteiger partial charge in [0.2, 0.25) is 5.91 Å². The summed E-state index contributed by atoms with van der Waals surface area (Å²) in [5, 5.41) is 28.2. The van der Waals surface area contributed by atoms with Gasteiger partial charge >= 0.3 is 5.69 Å². The van der Waals surface area contributed by atoms with Crippen molar-refractivity contribution in [2.75, 3.05) is 5.32 Å². The highest BCUT2D eigenvalue weighted by Crippen LogP contribution is 2.22. The number of aromatic nitrogens is 2. The van der Waals surface area contributed by atoms with Gasteiger partial charge in [-0.2, -0.15) is 5.10 Å². The molecule has 0 aliphatic rings. The van der Waals surface area contributed by atoms with Crippen molar-refractivity contribution >= 4 is 23.0 Å². The van der Waals surface area contributed by atoms with E-state index in [1.807, 2.05) is 0 Å². The smallest absolute Gasteiger partial charge is 0.312 e. The molecule has 0 fully saturated rings. The fraction of sp³-hybridized carbons (Fsp3) is 0.286. The van der Waals surface area contributed by atoms with Crippen LogP contribution in [0, 0.1) is 34.1 Å². The van der Waals surface area contributed by atoms with Crippen LogP contribution in [0.3, 0.4) is 0 Å². The van der Waals surface area contributed by atoms with E-state index in [0.717, 1.165) is 0 Å². The molecular formula is C14H15N5O5. The number of nitrogens with zero attached hydrogens (tertiary/aromatic N) is 4. The summed E-state index contributed by atoms with van der Waals surface area (Å²) in [5.74, 6) is -0.320. The molecule has 1 aromatic carbocycles. The zero-order valence-electron chi connectivity index (χ0n) is 13.1. The van der Waals surface area contributed by atoms with Crippen molar-refractivity contribution in [1.82, 2.24) is 9.78 Å². The lowest BCUT2D eigenvalue weighted by molar-refractivity contribution is -0.386. The third kappa shape index (κ3) is 3.72. The van der Waals surface area contributed by atoms with E-state index in [2.05, 4.69) is 10.4 Å². The number of hydrogen-bond acceptors (Lipinski definition) is 6. The maximum atomic E-state index is 11.9. The number of nitro benzene ring substituents is 1. The summed E-state index contributed by atoms with van der Waals surface area (Å²) < 4.78 is 1.42. The summed E-state index contributed by atoms with van der Waals surface area (Å²) >= 11 is 0. The van der Waals surface area contributed by atoms with Gasteiger partial charge in [0.25, 0.3) is 5.69 Å². The number of amides is 1. The first-order valence-corrected chi connectivity index (χ1v) is 7.02. The first-order chi connectivity index (χ1) is 11.3. The zero-order chi connectivity index (χ0) is 17.9. The predicted octanol–water partition coefficient (Wildman–Crippen LogP) is 2.35. The highest BCUT2D eigenvalue weighted by molar-refractivity contribution is 5.90. The summed E-state index contributed by atoms with van der Waals surface area (Å²) in [6, 6.07) is 5.45. The number of rotatable bonds is 6. The molecule has 0 spiro atoms. The number of benzene rings is 1. The van der Waals surface area contributed by atoms with Gasteiger partial charge in [-0.1, -0.05) is 0 Å². The number of anilines is 1. The highest BCUT2D eigenvalue weighted by atomic mass is 16.6. The second-order valence-electron chi connectivity index (χ2n) is 5.10. The average molecular weight is 333 g/mol. The van der Waals surface area contributed by atoms with E-state index in [0.29, 0.717) is 17.1 Å². The Morgan fingerprint density at radius 2 is 1.79 bits per heavy atom. The van der Waals surface area contributed by atoms with E-state index in [-0.39, 0.29) is 30.2 Å². The Morgan fingerprint density at radius 1 is 1.17 bits per heavy atom. The molecule has 2 aromatic rings. The molecule has 0 bridgehead atoms. The first kappa shape index (κ1) is 17.1. The lowest BCUT2D eigenvalue weighted by Crippen LogP contribution is -2.15. The normalized spacial score (nSPS) is 10.4. The molecule has 0 saturated heterocycles. The third-order valence-electron chi connectivity index (χ3n) is 3.44. The summed E-state index contributed by atoms with van der Waals surface area (Å²) in [6.07, 6.45) is 0.0656. The monoisotopic (exact) mass is 333 g/mol. The van der Waals surface area contributed by atoms with Gasteiger partial charge in [-0.05, 0) is 26.0 Å². The van der Waals surface area contributed by atoms with E-state index >= 15 is 0 Å². The fourth-order valence-electron chi connectivity index (χ4n) is 2.27. The van der Waals surface area contributed by atoms with Crippen LogP contribution in [0.5, 0.6) is 0 Å². The van der Waals surface area contributed by atoms with Crippen LogP contribution >= 0.6 is 0 Å². The summed E-state index contributed by atoms with van der Waals surface area (Å²) in [7, 11) is 0. The Hall–Kier alpha value is -3.30. The molecule has 126 valence electrons. The molecule has 24 heavy (non-hydrogen) atoms. The second-order valence-corrected chi connectivity index (χ2v) is 5.10. The van der Waals surface area contributed by atoms with E-state index < -0.39 is 9.85 Å². The lowest BCUT2D eigenvalue weighted by Gasteiger charge is -2.06. The van der Waals surface area contributed by atoms with Gasteiger partial charge in [0.1, 0.15) is 11.4 Å². The summed E-state index contributed by atoms with van der Waals surface area (Å²) in [5.41, 5.74) is 1.01. The van der Waals surface area contributed by atoms with E-state index in [1.165, 1.54) is 28.9 Å². The van der Waals surface area contributed by atoms with Crippen molar-refractivity contribution in [1.29, 1.82) is 0 Å². The molecule has 1 amide bonds. The topological polar surface area (TPSA) is 133 Å². The van der Waals surface area contributed by atoms with Gasteiger partial charge < -0.3 is 5.32 Å². The standard InChI is InChI=1S/C14H15N5O5/c1-9-14(19(23)24)10(2)17(16-9)8-7-13(20)15-11-3-5-12(6-4-11)18(21)22/h3-6H,7-8H2,1-2H3,(H,15,20). The number of carbonyl (C=O) groups excluding carboxylic acids is 1. The highest BCUT2D eigenvalue weighted by Gasteiger charge is 2.21. The molecule has 1 aromatic heterocycles. The third-order valence-corrected chi connectivity index (χ3v) is 3.44. The van der Waals surface area contributed by atoms with Gasteiger partial charge in [0, 0.05) is 24.2 Å². The molecule has 0 aliphatic heterocycles. The maximum Gasteiger partial charge on any atom is 0.312 e. The molecule has 1 heterocycles. The van der Waals surface area contributed by atoms with E-state index in [4.69, 9.17) is 0 Å². The van der Waals surface area contributed by atoms with Crippen LogP contribution in [-0.2, 0) is 11.3 Å². The minimum atomic E-state index is -0.526. The van der Waals surface area contributed by atoms with Crippen LogP contribution in [0.1, 0.15) is 17.8 Å². The van der Waals surface area contributed by atoms with Gasteiger partial charge in [-0.25, -0.2) is 0 Å². The molecule has 0 aliphatic carbocycles. The Morgan fingerprint density at radius 3 is 2.29 bits per heavy atom. The van der Waals surface area contributed by atoms with Crippen LogP contribution in [0.15, 0.2) is 24.3 Å². The average Bonchev–Trinajstić information content (AvgIpc) is 2.80. The molecule has 10 nitrogen and oxygen atoms in total. The Kier molecular flexibility index (Phi) is 4.87. The van der Waals surface area contributed by atoms with Crippen molar-refractivity contribution in [3.05, 3.63) is 55.9 Å². The predicted molar refractivity (Wildman–Crippen MR) is 84.7 cm³/mol. The Balaban J connectivity index is 1.97. The SMILES string of the molecule is Cc1nn(CCC(=O)Nc2ccc([N+](=O)[O-])cc2)c(C)c1[N+](=O)[O-]. The molecule has 1 N–H and O–H groups in total. The molecular weight excluding hydrogens is 318 g/mol. The molecule has 10 heteroatoms. The molecule has 0 atom stereocenters. The van der Waals surface area contributed by atoms with Gasteiger partial charge in [-0.15, -0.1) is 0 Å². The van der Waals surface area contributed by atoms with Crippen LogP contribution in [0.4, 0.5) is 17.1 Å². The largest absolute Gasteiger partial charge is 0.326 e. The quantitative estimate of drug-likeness (QED) is 0.637. The van der Waals surface area contributed by atoms with Crippen molar-refractivity contribution in [3.8, 4) is 0 Å². The lowest BCUT2D eigenvalue weighted by atomic mass is 10.2. The Bertz CT molecular complexity index is 797. The van der Waals surface area contributed by atoms with E-state index in [1.54, 1.807) is 13.8 Å². The van der Waals surface area contributed by atoms with Crippen molar-refractivity contribution in [3.63, 3.8) is 0 Å². The number of nitrogens with one attached hydrogen (secondary N) is 1. The van der Waals surface area contributed by atoms with Gasteiger partial charge in [0.15, 0.2) is 0 Å². The van der Waals surface area contributed by atoms with Crippen LogP contribution in [0.2, 0.25) is 0 Å². The zero-order valence-corrected chi connectivity index (χ0v) is 13.1. The number of non-ortho nitro benzene ring substituents is 1. The second kappa shape index (κ2) is 6.86. The maximum absolute atomic E-state index is 11.9. The minimum Gasteiger partial charge on any atom is -0.326 e. The van der Waals surface area contributed by atoms with Gasteiger partial charge in [0.05, 0.1) is 16.4 Å². The molecule has 2 rings (SSSR count). The fourth-order valence-corrected chi connectivity index (χ4v) is 2.27. The molecule has 0 saturated carbocycles. The van der Waals surface area contributed by atoms with Crippen molar-refractivity contribution < 1.29 is 14.6 Å². The van der Waals surface area contributed by atoms with Crippen molar-refractivity contribution in [2.24, 2.45) is 0 Å². The van der Waals surface area contributed by atoms with Crippen molar-refractivity contribution in [2.45, 2.75) is 26.8 Å². The number of carbonyl (C=O) groups is 1. The van der Waals surface area contributed by atoms with Crippen LogP contribution in [-0.4, -0.2) is 25.5 Å². The number of aryl methyl sites for hydroxylation is 2. The van der Waals surface area contributed by atoms with Crippen LogP contribution < -0.4 is 5.32 Å². The minimum absolute atomic E-state index is 0.0502. The van der Waals surface area contributed by atoms with E-state index in [9.17, 15) is 25.0 Å². The first-order valence-electron chi connectivity index (χ1n) is 7.02. The number of nitro groups is 2. The summed E-state index contributed by atoms with van der Waals surface area (Å²) in [4.78, 5) is 32.4. The van der Waals surface area contributed by atoms with Crippen LogP contribution in [0.25, 0.3) is 0 Å². The summed E-state index contributed by atoms with van der Waals surface area (Å²) in [6.45, 7) is 3.31. The number of hydrogen-bond donors (Lipinski definition) is 1. The molecule has 0 unspecified atom stereocenters. The molecule has 0 radical (unpaired) electrons. The Labute approximate surface area is 136 Å². The van der Waals surface area contributed by atoms with Gasteiger partial charge in [-0.3, -0.25) is 29.7 Å².